The molecule has 1 unspecified atom stereocenters. The van der Waals surface area contributed by atoms with Gasteiger partial charge in [0.25, 0.3) is 0 Å². The monoisotopic (exact) mass is 285 g/mol. The summed E-state index contributed by atoms with van der Waals surface area (Å²) < 4.78 is 19.2. The number of halogens is 1. The van der Waals surface area contributed by atoms with Gasteiger partial charge in [0.05, 0.1) is 7.11 Å². The van der Waals surface area contributed by atoms with Crippen LogP contribution >= 0.6 is 0 Å². The predicted octanol–water partition coefficient (Wildman–Crippen LogP) is 4.00. The molecule has 2 aromatic rings. The summed E-state index contributed by atoms with van der Waals surface area (Å²) in [5.74, 6) is 0.0370. The van der Waals surface area contributed by atoms with Crippen molar-refractivity contribution in [2.75, 3.05) is 7.11 Å². The fourth-order valence-electron chi connectivity index (χ4n) is 3.05. The van der Waals surface area contributed by atoms with E-state index in [0.717, 1.165) is 12.8 Å². The molecule has 0 heterocycles. The largest absolute Gasteiger partial charge is 0.494 e. The minimum Gasteiger partial charge on any atom is -0.494 e. The zero-order valence-corrected chi connectivity index (χ0v) is 12.2. The zero-order chi connectivity index (χ0) is 14.7. The quantitative estimate of drug-likeness (QED) is 0.916. The maximum Gasteiger partial charge on any atom is 0.169 e. The molecule has 21 heavy (non-hydrogen) atoms. The first-order chi connectivity index (χ1) is 10.3. The molecule has 1 atom stereocenters. The second kappa shape index (κ2) is 6.27. The summed E-state index contributed by atoms with van der Waals surface area (Å²) >= 11 is 0. The van der Waals surface area contributed by atoms with Gasteiger partial charge in [0.15, 0.2) is 11.6 Å². The minimum atomic E-state index is -0.267. The third-order valence-corrected chi connectivity index (χ3v) is 4.17. The van der Waals surface area contributed by atoms with Gasteiger partial charge in [0.1, 0.15) is 0 Å². The summed E-state index contributed by atoms with van der Waals surface area (Å²) in [6, 6.07) is 14.1. The van der Waals surface area contributed by atoms with Gasteiger partial charge in [-0.3, -0.25) is 0 Å². The SMILES string of the molecule is COc1cccc(CNC2CCCc3ccccc32)c1F. The number of nitrogens with one attached hydrogen (secondary N) is 1. The number of hydrogen-bond donors (Lipinski definition) is 1. The molecule has 0 fully saturated rings. The van der Waals surface area contributed by atoms with Crippen molar-refractivity contribution in [2.24, 2.45) is 0 Å². The number of ether oxygens (including phenoxy) is 1. The fraction of sp³-hybridized carbons (Fsp3) is 0.333. The first-order valence-corrected chi connectivity index (χ1v) is 7.42. The number of rotatable bonds is 4. The molecule has 0 aliphatic heterocycles. The van der Waals surface area contributed by atoms with Crippen molar-refractivity contribution in [3.8, 4) is 5.75 Å². The maximum atomic E-state index is 14.2. The Labute approximate surface area is 125 Å². The van der Waals surface area contributed by atoms with Crippen LogP contribution in [0.3, 0.4) is 0 Å². The van der Waals surface area contributed by atoms with Gasteiger partial charge in [-0.2, -0.15) is 0 Å². The second-order valence-electron chi connectivity index (χ2n) is 5.46. The molecule has 1 aliphatic rings. The first-order valence-electron chi connectivity index (χ1n) is 7.42. The average Bonchev–Trinajstić information content (AvgIpc) is 2.54. The standard InChI is InChI=1S/C18H20FNO/c1-21-17-11-5-8-14(18(17)19)12-20-16-10-4-7-13-6-2-3-9-15(13)16/h2-3,5-6,8-9,11,16,20H,4,7,10,12H2,1H3. The number of benzene rings is 2. The molecule has 3 rings (SSSR count). The molecule has 1 aliphatic carbocycles. The van der Waals surface area contributed by atoms with Gasteiger partial charge in [-0.05, 0) is 36.5 Å². The lowest BCUT2D eigenvalue weighted by molar-refractivity contribution is 0.381. The van der Waals surface area contributed by atoms with E-state index in [9.17, 15) is 4.39 Å². The molecule has 0 saturated heterocycles. The smallest absolute Gasteiger partial charge is 0.169 e. The molecule has 0 radical (unpaired) electrons. The van der Waals surface area contributed by atoms with Crippen LogP contribution in [0.5, 0.6) is 5.75 Å². The number of fused-ring (bicyclic) bond motifs is 1. The Morgan fingerprint density at radius 2 is 2.05 bits per heavy atom. The normalized spacial score (nSPS) is 17.3. The summed E-state index contributed by atoms with van der Waals surface area (Å²) in [5.41, 5.74) is 3.41. The van der Waals surface area contributed by atoms with E-state index in [0.29, 0.717) is 23.9 Å². The van der Waals surface area contributed by atoms with Crippen molar-refractivity contribution in [1.82, 2.24) is 5.32 Å². The van der Waals surface area contributed by atoms with E-state index >= 15 is 0 Å². The summed E-state index contributed by atoms with van der Waals surface area (Å²) in [6.45, 7) is 0.516. The summed E-state index contributed by atoms with van der Waals surface area (Å²) in [6.07, 6.45) is 3.42. The molecule has 0 amide bonds. The first kappa shape index (κ1) is 14.1. The van der Waals surface area contributed by atoms with E-state index in [2.05, 4.69) is 29.6 Å². The van der Waals surface area contributed by atoms with Crippen LogP contribution in [0.15, 0.2) is 42.5 Å². The van der Waals surface area contributed by atoms with Gasteiger partial charge < -0.3 is 10.1 Å². The Hall–Kier alpha value is -1.87. The number of hydrogen-bond acceptors (Lipinski definition) is 2. The van der Waals surface area contributed by atoms with Crippen LogP contribution in [0.4, 0.5) is 4.39 Å². The van der Waals surface area contributed by atoms with Crippen molar-refractivity contribution < 1.29 is 9.13 Å². The molecule has 0 saturated carbocycles. The van der Waals surface area contributed by atoms with Gasteiger partial charge in [0.2, 0.25) is 0 Å². The highest BCUT2D eigenvalue weighted by atomic mass is 19.1. The van der Waals surface area contributed by atoms with Crippen LogP contribution in [0, 0.1) is 5.82 Å². The predicted molar refractivity (Wildman–Crippen MR) is 81.9 cm³/mol. The lowest BCUT2D eigenvalue weighted by atomic mass is 9.87. The van der Waals surface area contributed by atoms with Crippen molar-refractivity contribution in [3.05, 3.63) is 65.0 Å². The maximum absolute atomic E-state index is 14.2. The van der Waals surface area contributed by atoms with Gasteiger partial charge in [-0.1, -0.05) is 36.4 Å². The Morgan fingerprint density at radius 3 is 2.90 bits per heavy atom. The van der Waals surface area contributed by atoms with Gasteiger partial charge in [-0.15, -0.1) is 0 Å². The minimum absolute atomic E-state index is 0.267. The van der Waals surface area contributed by atoms with Gasteiger partial charge in [0, 0.05) is 18.2 Å². The third-order valence-electron chi connectivity index (χ3n) is 4.17. The molecule has 2 aromatic carbocycles. The van der Waals surface area contributed by atoms with Crippen LogP contribution in [0.25, 0.3) is 0 Å². The molecule has 0 bridgehead atoms. The Bertz CT molecular complexity index is 626. The van der Waals surface area contributed by atoms with E-state index < -0.39 is 0 Å². The van der Waals surface area contributed by atoms with E-state index in [1.54, 1.807) is 12.1 Å². The molecule has 1 N–H and O–H groups in total. The number of aryl methyl sites for hydroxylation is 1. The molecule has 110 valence electrons. The Morgan fingerprint density at radius 1 is 1.19 bits per heavy atom. The van der Waals surface area contributed by atoms with E-state index in [1.807, 2.05) is 6.07 Å². The van der Waals surface area contributed by atoms with E-state index in [4.69, 9.17) is 4.74 Å². The highest BCUT2D eigenvalue weighted by Crippen LogP contribution is 2.30. The zero-order valence-electron chi connectivity index (χ0n) is 12.2. The summed E-state index contributed by atoms with van der Waals surface area (Å²) in [4.78, 5) is 0. The molecule has 0 aromatic heterocycles. The highest BCUT2D eigenvalue weighted by molar-refractivity contribution is 5.33. The molecule has 0 spiro atoms. The van der Waals surface area contributed by atoms with Crippen molar-refractivity contribution >= 4 is 0 Å². The Balaban J connectivity index is 1.75. The molecular formula is C18H20FNO. The topological polar surface area (TPSA) is 21.3 Å². The van der Waals surface area contributed by atoms with Crippen LogP contribution in [-0.4, -0.2) is 7.11 Å². The van der Waals surface area contributed by atoms with E-state index in [-0.39, 0.29) is 5.82 Å². The van der Waals surface area contributed by atoms with Crippen LogP contribution < -0.4 is 10.1 Å². The van der Waals surface area contributed by atoms with Crippen molar-refractivity contribution in [1.29, 1.82) is 0 Å². The molecule has 3 heteroatoms. The summed E-state index contributed by atoms with van der Waals surface area (Å²) in [5, 5.41) is 3.49. The highest BCUT2D eigenvalue weighted by Gasteiger charge is 2.19. The molecular weight excluding hydrogens is 265 g/mol. The number of methoxy groups -OCH3 is 1. The lowest BCUT2D eigenvalue weighted by Crippen LogP contribution is -2.25. The average molecular weight is 285 g/mol. The molecule has 2 nitrogen and oxygen atoms in total. The summed E-state index contributed by atoms with van der Waals surface area (Å²) in [7, 11) is 1.49. The van der Waals surface area contributed by atoms with Crippen LogP contribution in [0.1, 0.15) is 35.6 Å². The lowest BCUT2D eigenvalue weighted by Gasteiger charge is -2.26. The fourth-order valence-corrected chi connectivity index (χ4v) is 3.05. The van der Waals surface area contributed by atoms with E-state index in [1.165, 1.54) is 24.7 Å². The van der Waals surface area contributed by atoms with Gasteiger partial charge >= 0.3 is 0 Å². The van der Waals surface area contributed by atoms with Crippen molar-refractivity contribution in [3.63, 3.8) is 0 Å². The van der Waals surface area contributed by atoms with Crippen molar-refractivity contribution in [2.45, 2.75) is 31.8 Å². The van der Waals surface area contributed by atoms with Crippen LogP contribution in [-0.2, 0) is 13.0 Å². The third kappa shape index (κ3) is 2.93. The van der Waals surface area contributed by atoms with Gasteiger partial charge in [-0.25, -0.2) is 4.39 Å². The second-order valence-corrected chi connectivity index (χ2v) is 5.46. The Kier molecular flexibility index (Phi) is 4.20. The van der Waals surface area contributed by atoms with Crippen LogP contribution in [0.2, 0.25) is 0 Å².